The van der Waals surface area contributed by atoms with E-state index in [-0.39, 0.29) is 11.8 Å². The summed E-state index contributed by atoms with van der Waals surface area (Å²) < 4.78 is 12.8. The number of halogens is 1. The minimum Gasteiger partial charge on any atom is -0.349 e. The van der Waals surface area contributed by atoms with Crippen LogP contribution in [0.15, 0.2) is 12.4 Å². The van der Waals surface area contributed by atoms with Crippen LogP contribution in [0.2, 0.25) is 0 Å². The van der Waals surface area contributed by atoms with Crippen molar-refractivity contribution < 1.29 is 9.18 Å². The number of aromatic nitrogens is 2. The molecule has 0 N–H and O–H groups in total. The van der Waals surface area contributed by atoms with Gasteiger partial charge in [-0.3, -0.25) is 4.79 Å². The van der Waals surface area contributed by atoms with E-state index >= 15 is 0 Å². The van der Waals surface area contributed by atoms with E-state index in [0.717, 1.165) is 31.8 Å². The van der Waals surface area contributed by atoms with E-state index in [1.54, 1.807) is 19.0 Å². The van der Waals surface area contributed by atoms with Crippen LogP contribution in [0.1, 0.15) is 12.8 Å². The molecule has 0 aliphatic carbocycles. The van der Waals surface area contributed by atoms with Crippen LogP contribution < -0.4 is 4.90 Å². The predicted molar refractivity (Wildman–Crippen MR) is 65.6 cm³/mol. The second kappa shape index (κ2) is 5.29. The highest BCUT2D eigenvalue weighted by Gasteiger charge is 2.27. The van der Waals surface area contributed by atoms with Crippen molar-refractivity contribution in [3.63, 3.8) is 0 Å². The number of hydrogen-bond acceptors (Lipinski definition) is 4. The maximum absolute atomic E-state index is 12.8. The SMILES string of the molecule is CN(C)C(=O)C1CCCN(c2ncc(F)cn2)C1. The standard InChI is InChI=1S/C12H17FN4O/c1-16(2)11(18)9-4-3-5-17(8-9)12-14-6-10(13)7-15-12/h6-7,9H,3-5,8H2,1-2H3. The monoisotopic (exact) mass is 252 g/mol. The van der Waals surface area contributed by atoms with Gasteiger partial charge in [0.15, 0.2) is 5.82 Å². The van der Waals surface area contributed by atoms with Gasteiger partial charge in [0.25, 0.3) is 0 Å². The Hall–Kier alpha value is -1.72. The van der Waals surface area contributed by atoms with Gasteiger partial charge in [0.2, 0.25) is 11.9 Å². The molecular weight excluding hydrogens is 235 g/mol. The second-order valence-electron chi connectivity index (χ2n) is 4.72. The molecule has 98 valence electrons. The Bertz CT molecular complexity index is 421. The topological polar surface area (TPSA) is 49.3 Å². The summed E-state index contributed by atoms with van der Waals surface area (Å²) in [7, 11) is 3.52. The molecule has 0 spiro atoms. The Morgan fingerprint density at radius 2 is 2.11 bits per heavy atom. The maximum Gasteiger partial charge on any atom is 0.226 e. The Morgan fingerprint density at radius 3 is 2.72 bits per heavy atom. The Kier molecular flexibility index (Phi) is 3.74. The van der Waals surface area contributed by atoms with Crippen molar-refractivity contribution in [2.24, 2.45) is 5.92 Å². The molecule has 1 amide bonds. The molecular formula is C12H17FN4O. The highest BCUT2D eigenvalue weighted by Crippen LogP contribution is 2.21. The molecule has 1 saturated heterocycles. The first kappa shape index (κ1) is 12.7. The van der Waals surface area contributed by atoms with E-state index in [4.69, 9.17) is 0 Å². The molecule has 0 aromatic carbocycles. The van der Waals surface area contributed by atoms with Crippen molar-refractivity contribution in [3.05, 3.63) is 18.2 Å². The molecule has 0 bridgehead atoms. The number of piperidine rings is 1. The Balaban J connectivity index is 2.07. The van der Waals surface area contributed by atoms with Crippen LogP contribution in [-0.4, -0.2) is 48.0 Å². The fourth-order valence-electron chi connectivity index (χ4n) is 2.19. The summed E-state index contributed by atoms with van der Waals surface area (Å²) in [5.74, 6) is 0.147. The fourth-order valence-corrected chi connectivity index (χ4v) is 2.19. The van der Waals surface area contributed by atoms with E-state index in [0.29, 0.717) is 12.5 Å². The molecule has 18 heavy (non-hydrogen) atoms. The van der Waals surface area contributed by atoms with Crippen molar-refractivity contribution in [3.8, 4) is 0 Å². The summed E-state index contributed by atoms with van der Waals surface area (Å²) >= 11 is 0. The molecule has 5 nitrogen and oxygen atoms in total. The van der Waals surface area contributed by atoms with Crippen molar-refractivity contribution in [2.45, 2.75) is 12.8 Å². The van der Waals surface area contributed by atoms with Crippen molar-refractivity contribution in [1.29, 1.82) is 0 Å². The van der Waals surface area contributed by atoms with Gasteiger partial charge in [-0.25, -0.2) is 14.4 Å². The minimum atomic E-state index is -0.448. The summed E-state index contributed by atoms with van der Waals surface area (Å²) in [5, 5.41) is 0. The van der Waals surface area contributed by atoms with Crippen LogP contribution in [0, 0.1) is 11.7 Å². The lowest BCUT2D eigenvalue weighted by Gasteiger charge is -2.33. The molecule has 1 fully saturated rings. The average Bonchev–Trinajstić information content (AvgIpc) is 2.38. The zero-order valence-corrected chi connectivity index (χ0v) is 10.6. The maximum atomic E-state index is 12.8. The van der Waals surface area contributed by atoms with Crippen LogP contribution in [0.4, 0.5) is 10.3 Å². The van der Waals surface area contributed by atoms with Crippen LogP contribution in [0.25, 0.3) is 0 Å². The molecule has 0 saturated carbocycles. The molecule has 0 radical (unpaired) electrons. The predicted octanol–water partition coefficient (Wildman–Crippen LogP) is 0.920. The minimum absolute atomic E-state index is 0.0256. The first-order valence-corrected chi connectivity index (χ1v) is 6.01. The quantitative estimate of drug-likeness (QED) is 0.785. The summed E-state index contributed by atoms with van der Waals surface area (Å²) in [6, 6.07) is 0. The van der Waals surface area contributed by atoms with Crippen LogP contribution in [-0.2, 0) is 4.79 Å². The summed E-state index contributed by atoms with van der Waals surface area (Å²) in [6.45, 7) is 1.41. The Morgan fingerprint density at radius 1 is 1.44 bits per heavy atom. The van der Waals surface area contributed by atoms with Crippen molar-refractivity contribution in [2.75, 3.05) is 32.1 Å². The van der Waals surface area contributed by atoms with E-state index in [1.807, 2.05) is 4.90 Å². The molecule has 1 atom stereocenters. The van der Waals surface area contributed by atoms with Gasteiger partial charge < -0.3 is 9.80 Å². The van der Waals surface area contributed by atoms with Gasteiger partial charge >= 0.3 is 0 Å². The van der Waals surface area contributed by atoms with Crippen molar-refractivity contribution >= 4 is 11.9 Å². The normalized spacial score (nSPS) is 19.7. The lowest BCUT2D eigenvalue weighted by Crippen LogP contribution is -2.43. The van der Waals surface area contributed by atoms with E-state index in [2.05, 4.69) is 9.97 Å². The third-order valence-corrected chi connectivity index (χ3v) is 3.10. The first-order valence-electron chi connectivity index (χ1n) is 6.01. The second-order valence-corrected chi connectivity index (χ2v) is 4.72. The average molecular weight is 252 g/mol. The zero-order valence-electron chi connectivity index (χ0n) is 10.6. The number of rotatable bonds is 2. The lowest BCUT2D eigenvalue weighted by molar-refractivity contribution is -0.133. The smallest absolute Gasteiger partial charge is 0.226 e. The van der Waals surface area contributed by atoms with Gasteiger partial charge in [-0.1, -0.05) is 0 Å². The van der Waals surface area contributed by atoms with E-state index < -0.39 is 5.82 Å². The molecule has 1 aromatic heterocycles. The molecule has 1 unspecified atom stereocenters. The zero-order chi connectivity index (χ0) is 13.1. The third-order valence-electron chi connectivity index (χ3n) is 3.10. The summed E-state index contributed by atoms with van der Waals surface area (Å²) in [6.07, 6.45) is 4.11. The summed E-state index contributed by atoms with van der Waals surface area (Å²) in [4.78, 5) is 23.4. The van der Waals surface area contributed by atoms with Crippen LogP contribution in [0.3, 0.4) is 0 Å². The number of carbonyl (C=O) groups excluding carboxylic acids is 1. The van der Waals surface area contributed by atoms with Gasteiger partial charge in [-0.2, -0.15) is 0 Å². The van der Waals surface area contributed by atoms with Crippen LogP contribution >= 0.6 is 0 Å². The highest BCUT2D eigenvalue weighted by atomic mass is 19.1. The molecule has 6 heteroatoms. The fraction of sp³-hybridized carbons (Fsp3) is 0.583. The third kappa shape index (κ3) is 2.75. The van der Waals surface area contributed by atoms with E-state index in [9.17, 15) is 9.18 Å². The molecule has 1 aromatic rings. The number of nitrogens with zero attached hydrogens (tertiary/aromatic N) is 4. The van der Waals surface area contributed by atoms with Gasteiger partial charge in [0.05, 0.1) is 18.3 Å². The number of carbonyl (C=O) groups is 1. The molecule has 1 aliphatic heterocycles. The number of anilines is 1. The number of amides is 1. The van der Waals surface area contributed by atoms with Gasteiger partial charge in [0, 0.05) is 27.2 Å². The lowest BCUT2D eigenvalue weighted by atomic mass is 9.97. The number of hydrogen-bond donors (Lipinski definition) is 0. The Labute approximate surface area is 106 Å². The molecule has 2 heterocycles. The van der Waals surface area contributed by atoms with E-state index in [1.165, 1.54) is 0 Å². The van der Waals surface area contributed by atoms with Crippen molar-refractivity contribution in [1.82, 2.24) is 14.9 Å². The first-order chi connectivity index (χ1) is 8.58. The van der Waals surface area contributed by atoms with Gasteiger partial charge in [-0.05, 0) is 12.8 Å². The van der Waals surface area contributed by atoms with Gasteiger partial charge in [-0.15, -0.1) is 0 Å². The molecule has 1 aliphatic rings. The summed E-state index contributed by atoms with van der Waals surface area (Å²) in [5.41, 5.74) is 0. The highest BCUT2D eigenvalue weighted by molar-refractivity contribution is 5.79. The largest absolute Gasteiger partial charge is 0.349 e. The van der Waals surface area contributed by atoms with Crippen LogP contribution in [0.5, 0.6) is 0 Å². The molecule has 2 rings (SSSR count). The van der Waals surface area contributed by atoms with Gasteiger partial charge in [0.1, 0.15) is 0 Å².